The zero-order chi connectivity index (χ0) is 39.6. The molecule has 0 aliphatic heterocycles. The highest BCUT2D eigenvalue weighted by Gasteiger charge is 2.20. The third kappa shape index (κ3) is 5.60. The Morgan fingerprint density at radius 3 is 1.45 bits per heavy atom. The van der Waals surface area contributed by atoms with Gasteiger partial charge in [-0.3, -0.25) is 0 Å². The number of benzene rings is 8. The Balaban J connectivity index is 0.909. The maximum atomic E-state index is 5.24. The number of rotatable bonds is 6. The molecule has 11 aromatic rings. The SMILES string of the molecule is C1=Cc2c(n(-c3ccccc3)c3ccc(-c4ccc(-c5nc6ccccc6nc5-c5ccc(-c6ccc7c(c6)c6ccccc6n7-c6ccccc6)cc5)cc4)cc23)CC1. The van der Waals surface area contributed by atoms with Gasteiger partial charge in [0.25, 0.3) is 0 Å². The van der Waals surface area contributed by atoms with E-state index in [2.05, 4.69) is 191 Å². The third-order valence-corrected chi connectivity index (χ3v) is 12.2. The van der Waals surface area contributed by atoms with Crippen LogP contribution in [0.5, 0.6) is 0 Å². The summed E-state index contributed by atoms with van der Waals surface area (Å²) in [7, 11) is 0. The summed E-state index contributed by atoms with van der Waals surface area (Å²) in [6.07, 6.45) is 6.71. The molecule has 0 atom stereocenters. The fourth-order valence-corrected chi connectivity index (χ4v) is 9.32. The van der Waals surface area contributed by atoms with Crippen molar-refractivity contribution in [1.29, 1.82) is 0 Å². The van der Waals surface area contributed by atoms with Gasteiger partial charge in [0, 0.05) is 49.9 Å². The van der Waals surface area contributed by atoms with Gasteiger partial charge >= 0.3 is 0 Å². The van der Waals surface area contributed by atoms with Gasteiger partial charge in [0.2, 0.25) is 0 Å². The average Bonchev–Trinajstić information content (AvgIpc) is 3.84. The van der Waals surface area contributed by atoms with Crippen molar-refractivity contribution >= 4 is 49.8 Å². The van der Waals surface area contributed by atoms with Gasteiger partial charge in [-0.1, -0.05) is 140 Å². The van der Waals surface area contributed by atoms with Crippen molar-refractivity contribution in [2.24, 2.45) is 0 Å². The van der Waals surface area contributed by atoms with E-state index in [1.807, 2.05) is 24.3 Å². The lowest BCUT2D eigenvalue weighted by Gasteiger charge is -2.13. The van der Waals surface area contributed by atoms with Gasteiger partial charge in [0.15, 0.2) is 0 Å². The maximum absolute atomic E-state index is 5.24. The van der Waals surface area contributed by atoms with E-state index in [4.69, 9.17) is 9.97 Å². The number of allylic oxidation sites excluding steroid dienone is 1. The Labute approximate surface area is 348 Å². The first-order valence-corrected chi connectivity index (χ1v) is 20.7. The number of nitrogens with zero attached hydrogens (tertiary/aromatic N) is 4. The number of fused-ring (bicyclic) bond motifs is 7. The molecular formula is C56H38N4. The summed E-state index contributed by atoms with van der Waals surface area (Å²) >= 11 is 0. The van der Waals surface area contributed by atoms with Crippen LogP contribution < -0.4 is 0 Å². The predicted molar refractivity (Wildman–Crippen MR) is 250 cm³/mol. The van der Waals surface area contributed by atoms with E-state index in [-0.39, 0.29) is 0 Å². The molecule has 3 heterocycles. The standard InChI is InChI=1S/C56H38N4/c1-3-13-43(14-4-1)59-51-21-11-7-17-45(51)47-35-41(31-33-53(47)59)37-23-27-39(28-24-37)55-56(58-50-20-10-9-19-49(50)57-55)40-29-25-38(26-30-40)42-32-34-54-48(36-42)46-18-8-12-22-52(46)60(54)44-15-5-2-6-16-44/h1-11,13-21,23-36H,12,22H2. The fourth-order valence-electron chi connectivity index (χ4n) is 9.32. The molecule has 0 spiro atoms. The Kier molecular flexibility index (Phi) is 7.95. The first-order valence-electron chi connectivity index (χ1n) is 20.7. The number of hydrogen-bond acceptors (Lipinski definition) is 2. The molecule has 1 aliphatic rings. The number of aromatic nitrogens is 4. The van der Waals surface area contributed by atoms with Crippen LogP contribution in [0.25, 0.3) is 106 Å². The molecule has 8 aromatic carbocycles. The second kappa shape index (κ2) is 13.9. The van der Waals surface area contributed by atoms with Crippen molar-refractivity contribution < 1.29 is 0 Å². The van der Waals surface area contributed by atoms with Gasteiger partial charge in [-0.25, -0.2) is 9.97 Å². The molecule has 0 unspecified atom stereocenters. The minimum atomic E-state index is 0.872. The van der Waals surface area contributed by atoms with E-state index in [0.717, 1.165) is 57.6 Å². The molecule has 1 aliphatic carbocycles. The predicted octanol–water partition coefficient (Wildman–Crippen LogP) is 14.3. The fraction of sp³-hybridized carbons (Fsp3) is 0.0357. The molecule has 60 heavy (non-hydrogen) atoms. The molecule has 282 valence electrons. The molecule has 0 amide bonds. The van der Waals surface area contributed by atoms with Crippen LogP contribution in [0.1, 0.15) is 17.7 Å². The summed E-state index contributed by atoms with van der Waals surface area (Å²) in [5.74, 6) is 0. The molecule has 0 radical (unpaired) electrons. The Bertz CT molecular complexity index is 3450. The summed E-state index contributed by atoms with van der Waals surface area (Å²) in [5, 5.41) is 3.77. The molecule has 4 nitrogen and oxygen atoms in total. The quantitative estimate of drug-likeness (QED) is 0.169. The molecule has 0 saturated heterocycles. The van der Waals surface area contributed by atoms with Gasteiger partial charge in [-0.05, 0) is 102 Å². The van der Waals surface area contributed by atoms with Crippen molar-refractivity contribution in [2.45, 2.75) is 12.8 Å². The highest BCUT2D eigenvalue weighted by atomic mass is 15.0. The van der Waals surface area contributed by atoms with E-state index in [1.165, 1.54) is 66.3 Å². The summed E-state index contributed by atoms with van der Waals surface area (Å²) in [6.45, 7) is 0. The molecule has 12 rings (SSSR count). The molecule has 0 N–H and O–H groups in total. The first kappa shape index (κ1) is 34.2. The maximum Gasteiger partial charge on any atom is 0.0973 e. The lowest BCUT2D eigenvalue weighted by Crippen LogP contribution is -2.02. The van der Waals surface area contributed by atoms with Gasteiger partial charge < -0.3 is 9.13 Å². The van der Waals surface area contributed by atoms with E-state index in [9.17, 15) is 0 Å². The van der Waals surface area contributed by atoms with Gasteiger partial charge in [0.1, 0.15) is 0 Å². The van der Waals surface area contributed by atoms with Crippen LogP contribution in [-0.4, -0.2) is 19.1 Å². The molecule has 4 heteroatoms. The summed E-state index contributed by atoms with van der Waals surface area (Å²) < 4.78 is 4.80. The number of para-hydroxylation sites is 5. The second-order valence-electron chi connectivity index (χ2n) is 15.7. The van der Waals surface area contributed by atoms with Crippen LogP contribution in [-0.2, 0) is 6.42 Å². The van der Waals surface area contributed by atoms with Crippen molar-refractivity contribution in [3.8, 4) is 56.1 Å². The van der Waals surface area contributed by atoms with E-state index >= 15 is 0 Å². The highest BCUT2D eigenvalue weighted by Crippen LogP contribution is 2.39. The summed E-state index contributed by atoms with van der Waals surface area (Å²) in [5.41, 5.74) is 19.0. The lowest BCUT2D eigenvalue weighted by atomic mass is 9.96. The van der Waals surface area contributed by atoms with Gasteiger partial charge in [0.05, 0.1) is 39.0 Å². The van der Waals surface area contributed by atoms with Gasteiger partial charge in [-0.15, -0.1) is 0 Å². The van der Waals surface area contributed by atoms with E-state index in [1.54, 1.807) is 0 Å². The molecule has 3 aromatic heterocycles. The molecule has 0 fully saturated rings. The topological polar surface area (TPSA) is 35.6 Å². The first-order chi connectivity index (χ1) is 29.7. The second-order valence-corrected chi connectivity index (χ2v) is 15.7. The Hall–Kier alpha value is -7.82. The van der Waals surface area contributed by atoms with Crippen LogP contribution in [0.4, 0.5) is 0 Å². The van der Waals surface area contributed by atoms with Crippen LogP contribution >= 0.6 is 0 Å². The van der Waals surface area contributed by atoms with E-state index in [0.29, 0.717) is 0 Å². The van der Waals surface area contributed by atoms with Crippen molar-refractivity contribution in [2.75, 3.05) is 0 Å². The molecule has 0 saturated carbocycles. The van der Waals surface area contributed by atoms with Crippen LogP contribution in [0, 0.1) is 0 Å². The largest absolute Gasteiger partial charge is 0.313 e. The summed E-state index contributed by atoms with van der Waals surface area (Å²) in [4.78, 5) is 10.5. The normalized spacial score (nSPS) is 12.5. The number of hydrogen-bond donors (Lipinski definition) is 0. The average molecular weight is 767 g/mol. The van der Waals surface area contributed by atoms with Crippen molar-refractivity contribution in [1.82, 2.24) is 19.1 Å². The minimum absolute atomic E-state index is 0.872. The van der Waals surface area contributed by atoms with Crippen LogP contribution in [0.2, 0.25) is 0 Å². The minimum Gasteiger partial charge on any atom is -0.313 e. The van der Waals surface area contributed by atoms with Crippen molar-refractivity contribution in [3.05, 3.63) is 211 Å². The zero-order valence-electron chi connectivity index (χ0n) is 32.8. The Morgan fingerprint density at radius 1 is 0.367 bits per heavy atom. The van der Waals surface area contributed by atoms with Gasteiger partial charge in [-0.2, -0.15) is 0 Å². The lowest BCUT2D eigenvalue weighted by molar-refractivity contribution is 0.888. The van der Waals surface area contributed by atoms with Crippen LogP contribution in [0.3, 0.4) is 0 Å². The zero-order valence-corrected chi connectivity index (χ0v) is 32.8. The monoisotopic (exact) mass is 766 g/mol. The van der Waals surface area contributed by atoms with Crippen LogP contribution in [0.15, 0.2) is 200 Å². The summed E-state index contributed by atoms with van der Waals surface area (Å²) in [6, 6.07) is 69.6. The van der Waals surface area contributed by atoms with Crippen molar-refractivity contribution in [3.63, 3.8) is 0 Å². The Morgan fingerprint density at radius 2 is 0.833 bits per heavy atom. The molecular weight excluding hydrogens is 729 g/mol. The van der Waals surface area contributed by atoms with E-state index < -0.39 is 0 Å². The third-order valence-electron chi connectivity index (χ3n) is 12.2. The highest BCUT2D eigenvalue weighted by molar-refractivity contribution is 6.10. The smallest absolute Gasteiger partial charge is 0.0973 e. The molecule has 0 bridgehead atoms.